The van der Waals surface area contributed by atoms with Gasteiger partial charge in [-0.25, -0.2) is 4.39 Å². The Hall–Kier alpha value is -3.49. The molecule has 8 nitrogen and oxygen atoms in total. The van der Waals surface area contributed by atoms with Crippen molar-refractivity contribution in [3.05, 3.63) is 65.5 Å². The fraction of sp³-hybridized carbons (Fsp3) is 0.263. The number of amides is 2. The Morgan fingerprint density at radius 3 is 2.54 bits per heavy atom. The summed E-state index contributed by atoms with van der Waals surface area (Å²) in [7, 11) is 1.85. The second kappa shape index (κ2) is 8.03. The van der Waals surface area contributed by atoms with Crippen LogP contribution in [0.15, 0.2) is 42.9 Å². The van der Waals surface area contributed by atoms with Crippen LogP contribution < -0.4 is 10.6 Å². The molecule has 1 aromatic carbocycles. The van der Waals surface area contributed by atoms with Gasteiger partial charge in [-0.15, -0.1) is 0 Å². The van der Waals surface area contributed by atoms with Crippen LogP contribution in [-0.2, 0) is 18.4 Å². The first-order valence-electron chi connectivity index (χ1n) is 8.70. The van der Waals surface area contributed by atoms with Gasteiger partial charge in [-0.3, -0.25) is 19.0 Å². The van der Waals surface area contributed by atoms with Gasteiger partial charge >= 0.3 is 0 Å². The molecule has 1 atom stereocenters. The minimum absolute atomic E-state index is 0.00999. The molecule has 2 heterocycles. The number of hydrogen-bond acceptors (Lipinski definition) is 4. The van der Waals surface area contributed by atoms with Gasteiger partial charge in [0.05, 0.1) is 24.1 Å². The molecule has 0 fully saturated rings. The van der Waals surface area contributed by atoms with Gasteiger partial charge < -0.3 is 10.6 Å². The SMILES string of the molecule is Cc1c(C(C)NC(=O)Cn2cc(NC(=O)c3ccc(F)cc3)cn2)cnn1C. The molecule has 0 aliphatic carbocycles. The molecule has 3 aromatic rings. The van der Waals surface area contributed by atoms with E-state index in [9.17, 15) is 14.0 Å². The number of halogens is 1. The van der Waals surface area contributed by atoms with Crippen LogP contribution in [0.4, 0.5) is 10.1 Å². The first-order chi connectivity index (χ1) is 13.3. The zero-order valence-corrected chi connectivity index (χ0v) is 15.8. The highest BCUT2D eigenvalue weighted by Crippen LogP contribution is 2.16. The van der Waals surface area contributed by atoms with Gasteiger partial charge in [0.25, 0.3) is 5.91 Å². The summed E-state index contributed by atoms with van der Waals surface area (Å²) in [5.74, 6) is -1.01. The summed E-state index contributed by atoms with van der Waals surface area (Å²) in [6.07, 6.45) is 4.74. The lowest BCUT2D eigenvalue weighted by molar-refractivity contribution is -0.122. The van der Waals surface area contributed by atoms with Crippen LogP contribution in [-0.4, -0.2) is 31.4 Å². The third-order valence-corrected chi connectivity index (χ3v) is 4.42. The number of rotatable bonds is 6. The van der Waals surface area contributed by atoms with E-state index < -0.39 is 5.82 Å². The van der Waals surface area contributed by atoms with E-state index in [4.69, 9.17) is 0 Å². The van der Waals surface area contributed by atoms with Gasteiger partial charge in [0.2, 0.25) is 5.91 Å². The number of aromatic nitrogens is 4. The van der Waals surface area contributed by atoms with Gasteiger partial charge in [0.1, 0.15) is 12.4 Å². The van der Waals surface area contributed by atoms with E-state index in [1.54, 1.807) is 17.1 Å². The van der Waals surface area contributed by atoms with E-state index in [2.05, 4.69) is 20.8 Å². The molecule has 0 spiro atoms. The van der Waals surface area contributed by atoms with Gasteiger partial charge in [-0.2, -0.15) is 10.2 Å². The Balaban J connectivity index is 1.56. The third kappa shape index (κ3) is 4.43. The van der Waals surface area contributed by atoms with E-state index >= 15 is 0 Å². The molecule has 9 heteroatoms. The average molecular weight is 384 g/mol. The van der Waals surface area contributed by atoms with Crippen molar-refractivity contribution >= 4 is 17.5 Å². The quantitative estimate of drug-likeness (QED) is 0.681. The maximum atomic E-state index is 12.9. The van der Waals surface area contributed by atoms with Gasteiger partial charge in [0.15, 0.2) is 0 Å². The van der Waals surface area contributed by atoms with Gasteiger partial charge in [-0.1, -0.05) is 0 Å². The summed E-state index contributed by atoms with van der Waals surface area (Å²) in [5.41, 5.74) is 2.70. The molecule has 2 N–H and O–H groups in total. The lowest BCUT2D eigenvalue weighted by Crippen LogP contribution is -2.30. The smallest absolute Gasteiger partial charge is 0.255 e. The van der Waals surface area contributed by atoms with Crippen molar-refractivity contribution in [1.82, 2.24) is 24.9 Å². The Morgan fingerprint density at radius 2 is 1.89 bits per heavy atom. The number of carbonyl (C=O) groups is 2. The van der Waals surface area contributed by atoms with E-state index in [-0.39, 0.29) is 24.4 Å². The maximum Gasteiger partial charge on any atom is 0.255 e. The molecule has 2 aromatic heterocycles. The van der Waals surface area contributed by atoms with E-state index in [0.29, 0.717) is 11.3 Å². The molecule has 3 rings (SSSR count). The Kier molecular flexibility index (Phi) is 5.53. The summed E-state index contributed by atoms with van der Waals surface area (Å²) >= 11 is 0. The molecule has 0 aliphatic rings. The molecule has 0 saturated carbocycles. The zero-order valence-electron chi connectivity index (χ0n) is 15.8. The number of aryl methyl sites for hydroxylation is 1. The van der Waals surface area contributed by atoms with Crippen molar-refractivity contribution in [3.63, 3.8) is 0 Å². The van der Waals surface area contributed by atoms with Crippen LogP contribution in [0.1, 0.15) is 34.6 Å². The summed E-state index contributed by atoms with van der Waals surface area (Å²) < 4.78 is 16.1. The number of carbonyl (C=O) groups excluding carboxylic acids is 2. The minimum atomic E-state index is -0.411. The monoisotopic (exact) mass is 384 g/mol. The number of nitrogens with one attached hydrogen (secondary N) is 2. The molecule has 1 unspecified atom stereocenters. The zero-order chi connectivity index (χ0) is 20.3. The third-order valence-electron chi connectivity index (χ3n) is 4.42. The van der Waals surface area contributed by atoms with Crippen molar-refractivity contribution < 1.29 is 14.0 Å². The Labute approximate surface area is 161 Å². The standard InChI is InChI=1S/C19H21FN6O2/c1-12(17-9-21-25(3)13(17)2)23-18(27)11-26-10-16(8-22-26)24-19(28)14-4-6-15(20)7-5-14/h4-10,12H,11H2,1-3H3,(H,23,27)(H,24,28). The lowest BCUT2D eigenvalue weighted by Gasteiger charge is -2.13. The predicted octanol–water partition coefficient (Wildman–Crippen LogP) is 2.19. The van der Waals surface area contributed by atoms with Gasteiger partial charge in [-0.05, 0) is 38.1 Å². The number of benzene rings is 1. The summed E-state index contributed by atoms with van der Waals surface area (Å²) in [6.45, 7) is 3.84. The summed E-state index contributed by atoms with van der Waals surface area (Å²) in [6, 6.07) is 5.03. The summed E-state index contributed by atoms with van der Waals surface area (Å²) in [5, 5.41) is 13.8. The fourth-order valence-electron chi connectivity index (χ4n) is 2.77. The second-order valence-electron chi connectivity index (χ2n) is 6.49. The minimum Gasteiger partial charge on any atom is -0.348 e. The first-order valence-corrected chi connectivity index (χ1v) is 8.70. The molecule has 146 valence electrons. The van der Waals surface area contributed by atoms with Crippen LogP contribution in [0.5, 0.6) is 0 Å². The second-order valence-corrected chi connectivity index (χ2v) is 6.49. The van der Waals surface area contributed by atoms with E-state index in [0.717, 1.165) is 11.3 Å². The van der Waals surface area contributed by atoms with Crippen molar-refractivity contribution in [1.29, 1.82) is 0 Å². The van der Waals surface area contributed by atoms with Crippen molar-refractivity contribution in [2.24, 2.45) is 7.05 Å². The number of hydrogen-bond donors (Lipinski definition) is 2. The van der Waals surface area contributed by atoms with Crippen molar-refractivity contribution in [2.75, 3.05) is 5.32 Å². The molecule has 0 saturated heterocycles. The highest BCUT2D eigenvalue weighted by Gasteiger charge is 2.15. The molecule has 2 amide bonds. The number of nitrogens with zero attached hydrogens (tertiary/aromatic N) is 4. The highest BCUT2D eigenvalue weighted by atomic mass is 19.1. The molecule has 0 aliphatic heterocycles. The predicted molar refractivity (Wildman–Crippen MR) is 101 cm³/mol. The van der Waals surface area contributed by atoms with Crippen LogP contribution in [0.2, 0.25) is 0 Å². The van der Waals surface area contributed by atoms with Crippen LogP contribution in [0, 0.1) is 12.7 Å². The number of anilines is 1. The Morgan fingerprint density at radius 1 is 1.18 bits per heavy atom. The Bertz CT molecular complexity index is 992. The van der Waals surface area contributed by atoms with E-state index in [1.165, 1.54) is 35.1 Å². The van der Waals surface area contributed by atoms with Crippen LogP contribution >= 0.6 is 0 Å². The largest absolute Gasteiger partial charge is 0.348 e. The molecular formula is C19H21FN6O2. The summed E-state index contributed by atoms with van der Waals surface area (Å²) in [4.78, 5) is 24.4. The van der Waals surface area contributed by atoms with Crippen molar-refractivity contribution in [3.8, 4) is 0 Å². The van der Waals surface area contributed by atoms with Crippen molar-refractivity contribution in [2.45, 2.75) is 26.4 Å². The maximum absolute atomic E-state index is 12.9. The fourth-order valence-corrected chi connectivity index (χ4v) is 2.77. The van der Waals surface area contributed by atoms with Crippen LogP contribution in [0.3, 0.4) is 0 Å². The average Bonchev–Trinajstić information content (AvgIpc) is 3.22. The highest BCUT2D eigenvalue weighted by molar-refractivity contribution is 6.04. The van der Waals surface area contributed by atoms with Gasteiger partial charge in [0, 0.05) is 30.1 Å². The normalized spacial score (nSPS) is 11.9. The molecule has 28 heavy (non-hydrogen) atoms. The topological polar surface area (TPSA) is 93.8 Å². The molecule has 0 radical (unpaired) electrons. The van der Waals surface area contributed by atoms with Crippen LogP contribution in [0.25, 0.3) is 0 Å². The van der Waals surface area contributed by atoms with E-state index in [1.807, 2.05) is 20.9 Å². The molecule has 0 bridgehead atoms. The first kappa shape index (κ1) is 19.3. The lowest BCUT2D eigenvalue weighted by atomic mass is 10.1. The molecular weight excluding hydrogens is 363 g/mol.